The van der Waals surface area contributed by atoms with Gasteiger partial charge in [0.2, 0.25) is 5.95 Å². The second kappa shape index (κ2) is 10.6. The van der Waals surface area contributed by atoms with Crippen molar-refractivity contribution in [3.63, 3.8) is 0 Å². The molecule has 0 amide bonds. The topological polar surface area (TPSA) is 97.8 Å². The average Bonchev–Trinajstić information content (AvgIpc) is 3.45. The van der Waals surface area contributed by atoms with Gasteiger partial charge in [-0.25, -0.2) is 4.98 Å². The van der Waals surface area contributed by atoms with E-state index in [1.54, 1.807) is 12.4 Å². The zero-order valence-electron chi connectivity index (χ0n) is 18.4. The summed E-state index contributed by atoms with van der Waals surface area (Å²) >= 11 is 0. The van der Waals surface area contributed by atoms with E-state index in [0.717, 1.165) is 48.4 Å². The molecule has 0 atom stereocenters. The van der Waals surface area contributed by atoms with E-state index in [4.69, 9.17) is 20.7 Å². The van der Waals surface area contributed by atoms with Crippen LogP contribution >= 0.6 is 24.8 Å². The van der Waals surface area contributed by atoms with Crippen LogP contribution in [0.4, 0.5) is 17.5 Å². The van der Waals surface area contributed by atoms with Crippen molar-refractivity contribution in [1.82, 2.24) is 24.5 Å². The van der Waals surface area contributed by atoms with Crippen molar-refractivity contribution in [2.75, 3.05) is 17.3 Å². The first-order chi connectivity index (χ1) is 14.7. The number of pyridine rings is 1. The van der Waals surface area contributed by atoms with Crippen molar-refractivity contribution in [2.45, 2.75) is 69.5 Å². The van der Waals surface area contributed by atoms with Crippen LogP contribution in [-0.4, -0.2) is 43.6 Å². The molecule has 0 spiro atoms. The molecule has 5 rings (SSSR count). The third kappa shape index (κ3) is 4.92. The highest BCUT2D eigenvalue weighted by molar-refractivity contribution is 5.87. The van der Waals surface area contributed by atoms with E-state index in [1.165, 1.54) is 25.7 Å². The Hall–Kier alpha value is -2.16. The van der Waals surface area contributed by atoms with E-state index in [2.05, 4.69) is 19.8 Å². The molecule has 0 radical (unpaired) electrons. The number of rotatable bonds is 5. The summed E-state index contributed by atoms with van der Waals surface area (Å²) in [4.78, 5) is 20.8. The predicted octanol–water partition coefficient (Wildman–Crippen LogP) is 4.63. The lowest BCUT2D eigenvalue weighted by Crippen LogP contribution is -2.33. The quantitative estimate of drug-likeness (QED) is 0.551. The zero-order valence-corrected chi connectivity index (χ0v) is 20.0. The predicted molar refractivity (Wildman–Crippen MR) is 133 cm³/mol. The second-order valence-electron chi connectivity index (χ2n) is 8.65. The smallest absolute Gasteiger partial charge is 0.227 e. The fraction of sp³-hybridized carbons (Fsp3) is 0.545. The van der Waals surface area contributed by atoms with Crippen molar-refractivity contribution in [1.29, 1.82) is 0 Å². The summed E-state index contributed by atoms with van der Waals surface area (Å²) in [7, 11) is 2.02. The molecule has 32 heavy (non-hydrogen) atoms. The summed E-state index contributed by atoms with van der Waals surface area (Å²) in [5.74, 6) is 1.50. The summed E-state index contributed by atoms with van der Waals surface area (Å²) in [5.41, 5.74) is 8.87. The van der Waals surface area contributed by atoms with Gasteiger partial charge in [0.05, 0.1) is 6.33 Å². The lowest BCUT2D eigenvalue weighted by molar-refractivity contribution is 0.410. The average molecular weight is 479 g/mol. The van der Waals surface area contributed by atoms with Crippen LogP contribution in [0, 0.1) is 0 Å². The molecule has 3 aromatic heterocycles. The lowest BCUT2D eigenvalue weighted by Gasteiger charge is -2.27. The lowest BCUT2D eigenvalue weighted by atomic mass is 9.92. The molecule has 0 bridgehead atoms. The van der Waals surface area contributed by atoms with Crippen LogP contribution in [-0.2, 0) is 0 Å². The van der Waals surface area contributed by atoms with Gasteiger partial charge in [0.25, 0.3) is 0 Å². The Balaban J connectivity index is 0.00000144. The highest BCUT2D eigenvalue weighted by atomic mass is 35.5. The Kier molecular flexibility index (Phi) is 8.14. The summed E-state index contributed by atoms with van der Waals surface area (Å²) in [6.07, 6.45) is 14.7. The van der Waals surface area contributed by atoms with Crippen LogP contribution < -0.4 is 16.0 Å². The van der Waals surface area contributed by atoms with Crippen molar-refractivity contribution in [3.05, 3.63) is 30.9 Å². The van der Waals surface area contributed by atoms with Gasteiger partial charge in [-0.1, -0.05) is 12.8 Å². The van der Waals surface area contributed by atoms with E-state index < -0.39 is 0 Å². The number of nitrogens with zero attached hydrogens (tertiary/aromatic N) is 6. The standard InChI is InChI=1S/C22H30N8.2ClH/c1-29(17-10-12-24-13-11-17)20-19-21(30(14-25-19)18-4-2-3-5-18)28-22(27-20)26-16-8-6-15(23)7-9-16;;/h10-16,18H,2-9,23H2,1H3,(H,26,27,28);2*1H/t15-,16-;;. The number of hydrogen-bond acceptors (Lipinski definition) is 7. The maximum atomic E-state index is 6.09. The molecule has 174 valence electrons. The molecule has 8 nitrogen and oxygen atoms in total. The first kappa shape index (κ1) is 24.5. The highest BCUT2D eigenvalue weighted by Crippen LogP contribution is 2.35. The minimum atomic E-state index is 0. The minimum Gasteiger partial charge on any atom is -0.351 e. The molecule has 3 heterocycles. The van der Waals surface area contributed by atoms with E-state index in [1.807, 2.05) is 25.5 Å². The van der Waals surface area contributed by atoms with E-state index in [9.17, 15) is 0 Å². The zero-order chi connectivity index (χ0) is 20.5. The van der Waals surface area contributed by atoms with Gasteiger partial charge in [-0.2, -0.15) is 9.97 Å². The molecule has 3 aromatic rings. The third-order valence-electron chi connectivity index (χ3n) is 6.59. The fourth-order valence-corrected chi connectivity index (χ4v) is 4.79. The normalized spacial score (nSPS) is 21.1. The number of anilines is 3. The molecule has 2 aliphatic rings. The van der Waals surface area contributed by atoms with Crippen LogP contribution in [0.2, 0.25) is 0 Å². The Morgan fingerprint density at radius 1 is 1.00 bits per heavy atom. The number of nitrogens with two attached hydrogens (primary N) is 1. The number of hydrogen-bond donors (Lipinski definition) is 2. The van der Waals surface area contributed by atoms with Gasteiger partial charge < -0.3 is 20.5 Å². The number of imidazole rings is 1. The van der Waals surface area contributed by atoms with Crippen LogP contribution in [0.25, 0.3) is 11.2 Å². The molecule has 10 heteroatoms. The van der Waals surface area contributed by atoms with Crippen molar-refractivity contribution in [2.24, 2.45) is 5.73 Å². The van der Waals surface area contributed by atoms with Crippen LogP contribution in [0.3, 0.4) is 0 Å². The Labute approximate surface area is 201 Å². The summed E-state index contributed by atoms with van der Waals surface area (Å²) < 4.78 is 2.26. The molecule has 0 unspecified atom stereocenters. The molecule has 0 aromatic carbocycles. The van der Waals surface area contributed by atoms with Crippen molar-refractivity contribution >= 4 is 53.4 Å². The van der Waals surface area contributed by atoms with Gasteiger partial charge in [0.15, 0.2) is 17.0 Å². The van der Waals surface area contributed by atoms with E-state index >= 15 is 0 Å². The molecule has 2 saturated carbocycles. The number of aromatic nitrogens is 5. The van der Waals surface area contributed by atoms with Crippen LogP contribution in [0.5, 0.6) is 0 Å². The van der Waals surface area contributed by atoms with Crippen LogP contribution in [0.15, 0.2) is 30.9 Å². The molecule has 2 fully saturated rings. The maximum Gasteiger partial charge on any atom is 0.227 e. The minimum absolute atomic E-state index is 0. The molecule has 0 aliphatic heterocycles. The van der Waals surface area contributed by atoms with Gasteiger partial charge in [0.1, 0.15) is 0 Å². The SMILES string of the molecule is CN(c1ccncc1)c1nc(N[C@H]2CC[C@H](N)CC2)nc2c1ncn2C1CCCC1.Cl.Cl. The summed E-state index contributed by atoms with van der Waals surface area (Å²) in [5, 5.41) is 3.59. The van der Waals surface area contributed by atoms with E-state index in [0.29, 0.717) is 24.1 Å². The molecular weight excluding hydrogens is 447 g/mol. The number of fused-ring (bicyclic) bond motifs is 1. The first-order valence-corrected chi connectivity index (χ1v) is 11.1. The molecular formula is C22H32Cl2N8. The molecule has 3 N–H and O–H groups in total. The third-order valence-corrected chi connectivity index (χ3v) is 6.59. The monoisotopic (exact) mass is 478 g/mol. The number of halogens is 2. The van der Waals surface area contributed by atoms with Crippen molar-refractivity contribution in [3.8, 4) is 0 Å². The summed E-state index contributed by atoms with van der Waals surface area (Å²) in [6, 6.07) is 5.13. The molecule has 2 aliphatic carbocycles. The van der Waals surface area contributed by atoms with Gasteiger partial charge in [0, 0.05) is 43.3 Å². The second-order valence-corrected chi connectivity index (χ2v) is 8.65. The highest BCUT2D eigenvalue weighted by Gasteiger charge is 2.25. The van der Waals surface area contributed by atoms with E-state index in [-0.39, 0.29) is 24.8 Å². The Morgan fingerprint density at radius 3 is 2.38 bits per heavy atom. The fourth-order valence-electron chi connectivity index (χ4n) is 4.79. The van der Waals surface area contributed by atoms with Gasteiger partial charge >= 0.3 is 0 Å². The Morgan fingerprint density at radius 2 is 1.69 bits per heavy atom. The molecule has 0 saturated heterocycles. The summed E-state index contributed by atoms with van der Waals surface area (Å²) in [6.45, 7) is 0. The van der Waals surface area contributed by atoms with Gasteiger partial charge in [-0.3, -0.25) is 4.98 Å². The maximum absolute atomic E-state index is 6.09. The largest absolute Gasteiger partial charge is 0.351 e. The first-order valence-electron chi connectivity index (χ1n) is 11.1. The number of nitrogens with one attached hydrogen (secondary N) is 1. The van der Waals surface area contributed by atoms with Gasteiger partial charge in [-0.15, -0.1) is 24.8 Å². The van der Waals surface area contributed by atoms with Crippen molar-refractivity contribution < 1.29 is 0 Å². The van der Waals surface area contributed by atoms with Crippen LogP contribution in [0.1, 0.15) is 57.4 Å². The van der Waals surface area contributed by atoms with Gasteiger partial charge in [-0.05, 0) is 50.7 Å². The Bertz CT molecular complexity index is 998.